The van der Waals surface area contributed by atoms with Gasteiger partial charge < -0.3 is 25.6 Å². The highest BCUT2D eigenvalue weighted by molar-refractivity contribution is 7.96. The number of carboxylic acid groups (broad SMARTS) is 2. The first-order valence-corrected chi connectivity index (χ1v) is 17.5. The number of ether oxygens (including phenoxy) is 1. The normalized spacial score (nSPS) is 14.2. The summed E-state index contributed by atoms with van der Waals surface area (Å²) in [6.45, 7) is 4.55. The van der Waals surface area contributed by atoms with Gasteiger partial charge in [-0.3, -0.25) is 28.8 Å². The van der Waals surface area contributed by atoms with Gasteiger partial charge in [-0.05, 0) is 23.1 Å². The van der Waals surface area contributed by atoms with Gasteiger partial charge >= 0.3 is 17.9 Å². The van der Waals surface area contributed by atoms with Crippen molar-refractivity contribution in [3.05, 3.63) is 82.2 Å². The van der Waals surface area contributed by atoms with Gasteiger partial charge in [-0.25, -0.2) is 8.42 Å². The van der Waals surface area contributed by atoms with Crippen molar-refractivity contribution in [2.45, 2.75) is 65.1 Å². The fourth-order valence-corrected chi connectivity index (χ4v) is 5.84. The van der Waals surface area contributed by atoms with Crippen LogP contribution in [0.2, 0.25) is 0 Å². The Kier molecular flexibility index (Phi) is 16.1. The lowest BCUT2D eigenvalue weighted by molar-refractivity contribution is -0.150. The monoisotopic (exact) mass is 720 g/mol. The molecule has 0 aliphatic heterocycles. The van der Waals surface area contributed by atoms with E-state index in [9.17, 15) is 47.4 Å². The van der Waals surface area contributed by atoms with Crippen LogP contribution in [0.15, 0.2) is 71.1 Å². The molecule has 0 radical (unpaired) electrons. The lowest BCUT2D eigenvalue weighted by atomic mass is 9.86. The van der Waals surface area contributed by atoms with Crippen LogP contribution in [0.1, 0.15) is 63.6 Å². The minimum atomic E-state index is -3.89. The van der Waals surface area contributed by atoms with E-state index >= 15 is 0 Å². The van der Waals surface area contributed by atoms with Crippen molar-refractivity contribution in [3.8, 4) is 0 Å². The molecule has 0 aliphatic rings. The van der Waals surface area contributed by atoms with Crippen LogP contribution in [0.5, 0.6) is 0 Å². The second kappa shape index (κ2) is 19.4. The summed E-state index contributed by atoms with van der Waals surface area (Å²) in [7, 11) is -3.89. The average molecular weight is 721 g/mol. The molecule has 2 amide bonds. The van der Waals surface area contributed by atoms with E-state index in [4.69, 9.17) is 16.3 Å². The molecule has 13 nitrogen and oxygen atoms in total. The standard InChI is InChI=1S/C34H41ClN2O11S/c1-4-49(46,47)28(35)17-25(18-30(41)42)36-34(45)26(21(2)3)19-27(38)32(23-13-9-6-10-14-23)37-33(44)24(15-29(39)40)16-31(43)48-20-22-11-7-5-8-12-22/h5-14,17,21,24-26,32H,4,15-16,18-20H2,1-3H3,(H,36,45)(H,37,44)(H,39,40)(H,41,42)/b28-17+/t24-,25-,26+,32+/m1/s1. The summed E-state index contributed by atoms with van der Waals surface area (Å²) in [4.78, 5) is 76.4. The first kappa shape index (κ1) is 40.6. The molecule has 2 aromatic rings. The summed E-state index contributed by atoms with van der Waals surface area (Å²) < 4.78 is 28.9. The van der Waals surface area contributed by atoms with Crippen LogP contribution in [0.3, 0.4) is 0 Å². The summed E-state index contributed by atoms with van der Waals surface area (Å²) in [5, 5.41) is 23.8. The van der Waals surface area contributed by atoms with E-state index in [0.29, 0.717) is 11.1 Å². The number of Topliss-reactive ketones (excluding diaryl/α,β-unsaturated/α-hetero) is 1. The molecule has 0 unspecified atom stereocenters. The topological polar surface area (TPSA) is 210 Å². The maximum absolute atomic E-state index is 13.8. The third kappa shape index (κ3) is 13.8. The lowest BCUT2D eigenvalue weighted by Gasteiger charge is -2.26. The Balaban J connectivity index is 2.30. The third-order valence-corrected chi connectivity index (χ3v) is 9.80. The molecule has 2 rings (SSSR count). The van der Waals surface area contributed by atoms with Gasteiger partial charge in [0.15, 0.2) is 15.6 Å². The number of aliphatic carboxylic acids is 2. The molecule has 0 heterocycles. The number of hydrogen-bond donors (Lipinski definition) is 4. The minimum Gasteiger partial charge on any atom is -0.481 e. The average Bonchev–Trinajstić information content (AvgIpc) is 3.04. The number of esters is 1. The second-order valence-electron chi connectivity index (χ2n) is 11.6. The zero-order chi connectivity index (χ0) is 36.7. The highest BCUT2D eigenvalue weighted by Crippen LogP contribution is 2.25. The smallest absolute Gasteiger partial charge is 0.306 e. The first-order chi connectivity index (χ1) is 23.0. The Morgan fingerprint density at radius 3 is 1.92 bits per heavy atom. The number of hydrogen-bond acceptors (Lipinski definition) is 9. The molecule has 0 spiro atoms. The fraction of sp³-hybridized carbons (Fsp3) is 0.412. The lowest BCUT2D eigenvalue weighted by Crippen LogP contribution is -2.44. The minimum absolute atomic E-state index is 0.0887. The molecular formula is C34H41ClN2O11S. The SMILES string of the molecule is CCS(=O)(=O)/C(Cl)=C/[C@H](CC(=O)O)NC(=O)[C@@H](CC(=O)[C@@H](NC(=O)[C@H](CC(=O)O)CC(=O)OCc1ccccc1)c1ccccc1)C(C)C. The number of carbonyl (C=O) groups is 6. The van der Waals surface area contributed by atoms with E-state index in [2.05, 4.69) is 10.6 Å². The quantitative estimate of drug-likeness (QED) is 0.145. The van der Waals surface area contributed by atoms with Crippen molar-refractivity contribution in [2.24, 2.45) is 17.8 Å². The van der Waals surface area contributed by atoms with E-state index in [1.165, 1.54) is 6.92 Å². The molecule has 0 aromatic heterocycles. The highest BCUT2D eigenvalue weighted by atomic mass is 35.5. The van der Waals surface area contributed by atoms with E-state index in [1.54, 1.807) is 74.5 Å². The molecule has 2 aromatic carbocycles. The maximum Gasteiger partial charge on any atom is 0.306 e. The maximum atomic E-state index is 13.8. The van der Waals surface area contributed by atoms with Crippen molar-refractivity contribution >= 4 is 56.9 Å². The van der Waals surface area contributed by atoms with Crippen molar-refractivity contribution in [2.75, 3.05) is 5.75 Å². The predicted octanol–water partition coefficient (Wildman–Crippen LogP) is 3.77. The number of halogens is 1. The fourth-order valence-electron chi connectivity index (χ4n) is 4.72. The summed E-state index contributed by atoms with van der Waals surface area (Å²) in [6, 6.07) is 14.1. The molecular weight excluding hydrogens is 680 g/mol. The largest absolute Gasteiger partial charge is 0.481 e. The van der Waals surface area contributed by atoms with Gasteiger partial charge in [0.1, 0.15) is 17.0 Å². The van der Waals surface area contributed by atoms with Crippen LogP contribution in [0.25, 0.3) is 0 Å². The van der Waals surface area contributed by atoms with Crippen LogP contribution in [-0.4, -0.2) is 65.9 Å². The van der Waals surface area contributed by atoms with Gasteiger partial charge in [0.25, 0.3) is 0 Å². The number of carbonyl (C=O) groups excluding carboxylic acids is 4. The number of amides is 2. The Labute approximate surface area is 290 Å². The molecule has 266 valence electrons. The van der Waals surface area contributed by atoms with E-state index in [1.807, 2.05) is 0 Å². The van der Waals surface area contributed by atoms with E-state index in [-0.39, 0.29) is 12.4 Å². The molecule has 0 bridgehead atoms. The summed E-state index contributed by atoms with van der Waals surface area (Å²) in [6.07, 6.45) is -1.52. The summed E-state index contributed by atoms with van der Waals surface area (Å²) >= 11 is 5.92. The number of sulfone groups is 1. The first-order valence-electron chi connectivity index (χ1n) is 15.5. The Morgan fingerprint density at radius 1 is 0.816 bits per heavy atom. The van der Waals surface area contributed by atoms with Crippen molar-refractivity contribution in [3.63, 3.8) is 0 Å². The van der Waals surface area contributed by atoms with Gasteiger partial charge in [0.2, 0.25) is 11.8 Å². The highest BCUT2D eigenvalue weighted by Gasteiger charge is 2.34. The third-order valence-electron chi connectivity index (χ3n) is 7.48. The molecule has 0 saturated heterocycles. The predicted molar refractivity (Wildman–Crippen MR) is 179 cm³/mol. The van der Waals surface area contributed by atoms with E-state index < -0.39 is 105 Å². The molecule has 0 fully saturated rings. The van der Waals surface area contributed by atoms with Crippen molar-refractivity contribution in [1.82, 2.24) is 10.6 Å². The van der Waals surface area contributed by atoms with E-state index in [0.717, 1.165) is 6.08 Å². The molecule has 4 N–H and O–H groups in total. The number of rotatable bonds is 20. The number of ketones is 1. The van der Waals surface area contributed by atoms with Gasteiger partial charge in [0.05, 0.1) is 37.0 Å². The molecule has 0 aliphatic carbocycles. The second-order valence-corrected chi connectivity index (χ2v) is 14.5. The van der Waals surface area contributed by atoms with Gasteiger partial charge in [0, 0.05) is 12.3 Å². The Morgan fingerprint density at radius 2 is 1.39 bits per heavy atom. The van der Waals surface area contributed by atoms with Gasteiger partial charge in [-0.2, -0.15) is 0 Å². The Hall–Kier alpha value is -4.56. The summed E-state index contributed by atoms with van der Waals surface area (Å²) in [5.41, 5.74) is 1.01. The summed E-state index contributed by atoms with van der Waals surface area (Å²) in [5.74, 6) is -9.10. The van der Waals surface area contributed by atoms with Crippen LogP contribution in [0.4, 0.5) is 0 Å². The zero-order valence-corrected chi connectivity index (χ0v) is 28.9. The number of nitrogens with one attached hydrogen (secondary N) is 2. The number of carboxylic acids is 2. The van der Waals surface area contributed by atoms with Crippen LogP contribution in [-0.2, 0) is 49.9 Å². The van der Waals surface area contributed by atoms with Crippen molar-refractivity contribution in [1.29, 1.82) is 0 Å². The van der Waals surface area contributed by atoms with Crippen LogP contribution >= 0.6 is 11.6 Å². The number of benzene rings is 2. The molecule has 15 heteroatoms. The van der Waals surface area contributed by atoms with Crippen LogP contribution < -0.4 is 10.6 Å². The molecule has 4 atom stereocenters. The van der Waals surface area contributed by atoms with Crippen molar-refractivity contribution < 1.29 is 52.1 Å². The Bertz CT molecular complexity index is 1610. The molecule has 0 saturated carbocycles. The zero-order valence-electron chi connectivity index (χ0n) is 27.3. The van der Waals surface area contributed by atoms with Gasteiger partial charge in [-0.15, -0.1) is 0 Å². The van der Waals surface area contributed by atoms with Gasteiger partial charge in [-0.1, -0.05) is 93.0 Å². The molecule has 49 heavy (non-hydrogen) atoms. The van der Waals surface area contributed by atoms with Crippen LogP contribution in [0, 0.1) is 17.8 Å².